The van der Waals surface area contributed by atoms with Gasteiger partial charge in [0.25, 0.3) is 5.91 Å². The van der Waals surface area contributed by atoms with Gasteiger partial charge in [0, 0.05) is 30.1 Å². The van der Waals surface area contributed by atoms with Crippen molar-refractivity contribution in [1.82, 2.24) is 4.90 Å². The number of carbonyl (C=O) groups excluding carboxylic acids is 2. The number of benzene rings is 2. The van der Waals surface area contributed by atoms with Gasteiger partial charge < -0.3 is 19.2 Å². The Morgan fingerprint density at radius 1 is 1.10 bits per heavy atom. The number of ether oxygens (including phenoxy) is 1. The predicted molar refractivity (Wildman–Crippen MR) is 112 cm³/mol. The van der Waals surface area contributed by atoms with Crippen molar-refractivity contribution in [3.05, 3.63) is 65.9 Å². The lowest BCUT2D eigenvalue weighted by Gasteiger charge is -2.32. The third-order valence-corrected chi connectivity index (χ3v) is 5.67. The average molecular weight is 407 g/mol. The summed E-state index contributed by atoms with van der Waals surface area (Å²) in [6.45, 7) is 1.16. The number of fused-ring (bicyclic) bond motifs is 1. The fraction of sp³-hybridized carbons (Fsp3) is 0.333. The predicted octanol–water partition coefficient (Wildman–Crippen LogP) is 3.71. The molecule has 0 unspecified atom stereocenters. The van der Waals surface area contributed by atoms with Crippen LogP contribution < -0.4 is 0 Å². The number of hydrogen-bond acceptors (Lipinski definition) is 5. The van der Waals surface area contributed by atoms with Gasteiger partial charge in [-0.1, -0.05) is 30.3 Å². The van der Waals surface area contributed by atoms with Gasteiger partial charge in [-0.25, -0.2) is 0 Å². The van der Waals surface area contributed by atoms with Crippen molar-refractivity contribution in [2.45, 2.75) is 25.7 Å². The van der Waals surface area contributed by atoms with Crippen molar-refractivity contribution < 1.29 is 23.8 Å². The number of aromatic hydroxyl groups is 1. The number of nitrogens with zero attached hydrogens (tertiary/aromatic N) is 1. The van der Waals surface area contributed by atoms with Crippen LogP contribution in [0.4, 0.5) is 0 Å². The van der Waals surface area contributed by atoms with Gasteiger partial charge >= 0.3 is 5.97 Å². The molecule has 1 fully saturated rings. The zero-order valence-corrected chi connectivity index (χ0v) is 16.8. The summed E-state index contributed by atoms with van der Waals surface area (Å²) in [5.41, 5.74) is 2.51. The van der Waals surface area contributed by atoms with E-state index in [-0.39, 0.29) is 24.7 Å². The van der Waals surface area contributed by atoms with Gasteiger partial charge in [-0.15, -0.1) is 0 Å². The molecule has 2 aromatic carbocycles. The van der Waals surface area contributed by atoms with Crippen molar-refractivity contribution in [3.63, 3.8) is 0 Å². The molecule has 0 atom stereocenters. The number of amides is 1. The fourth-order valence-electron chi connectivity index (χ4n) is 3.98. The molecular formula is C24H25NO5. The van der Waals surface area contributed by atoms with Crippen molar-refractivity contribution in [1.29, 1.82) is 0 Å². The first kappa shape index (κ1) is 20.0. The monoisotopic (exact) mass is 407 g/mol. The summed E-state index contributed by atoms with van der Waals surface area (Å²) in [6, 6.07) is 15.1. The van der Waals surface area contributed by atoms with Crippen molar-refractivity contribution in [3.8, 4) is 5.75 Å². The van der Waals surface area contributed by atoms with Gasteiger partial charge in [-0.3, -0.25) is 9.59 Å². The van der Waals surface area contributed by atoms with Gasteiger partial charge in [0.1, 0.15) is 11.3 Å². The highest BCUT2D eigenvalue weighted by molar-refractivity contribution is 5.87. The minimum absolute atomic E-state index is 0.0181. The first-order valence-corrected chi connectivity index (χ1v) is 10.2. The van der Waals surface area contributed by atoms with Crippen LogP contribution >= 0.6 is 0 Å². The zero-order chi connectivity index (χ0) is 20.9. The number of esters is 1. The second-order valence-electron chi connectivity index (χ2n) is 7.79. The molecular weight excluding hydrogens is 382 g/mol. The van der Waals surface area contributed by atoms with Crippen LogP contribution in [-0.2, 0) is 27.2 Å². The number of furan rings is 1. The molecule has 156 valence electrons. The van der Waals surface area contributed by atoms with Gasteiger partial charge in [0.15, 0.2) is 6.61 Å². The number of carbonyl (C=O) groups is 2. The molecule has 0 spiro atoms. The summed E-state index contributed by atoms with van der Waals surface area (Å²) in [4.78, 5) is 26.4. The van der Waals surface area contributed by atoms with Crippen molar-refractivity contribution in [2.75, 3.05) is 19.7 Å². The normalized spacial score (nSPS) is 14.7. The Bertz CT molecular complexity index is 1020. The van der Waals surface area contributed by atoms with Crippen LogP contribution in [-0.4, -0.2) is 41.6 Å². The lowest BCUT2D eigenvalue weighted by Crippen LogP contribution is -2.41. The van der Waals surface area contributed by atoms with Crippen LogP contribution in [0.2, 0.25) is 0 Å². The summed E-state index contributed by atoms with van der Waals surface area (Å²) in [6.07, 6.45) is 4.45. The maximum atomic E-state index is 12.4. The molecule has 6 nitrogen and oxygen atoms in total. The van der Waals surface area contributed by atoms with Gasteiger partial charge in [0.05, 0.1) is 12.7 Å². The lowest BCUT2D eigenvalue weighted by molar-refractivity contribution is -0.152. The molecule has 0 bridgehead atoms. The molecule has 6 heteroatoms. The molecule has 0 aliphatic carbocycles. The molecule has 3 aromatic rings. The number of likely N-dealkylation sites (tertiary alicyclic amines) is 1. The summed E-state index contributed by atoms with van der Waals surface area (Å²) < 4.78 is 10.6. The summed E-state index contributed by atoms with van der Waals surface area (Å²) in [7, 11) is 0. The highest BCUT2D eigenvalue weighted by Gasteiger charge is 2.24. The molecule has 4 rings (SSSR count). The molecule has 0 saturated carbocycles. The third kappa shape index (κ3) is 4.82. The topological polar surface area (TPSA) is 80.0 Å². The van der Waals surface area contributed by atoms with Crippen LogP contribution in [0.25, 0.3) is 11.0 Å². The lowest BCUT2D eigenvalue weighted by atomic mass is 9.90. The SMILES string of the molecule is O=C(Cc1coc2cc(O)ccc12)OCC(=O)N1CCC(Cc2ccccc2)CC1. The Morgan fingerprint density at radius 2 is 1.87 bits per heavy atom. The Labute approximate surface area is 175 Å². The maximum Gasteiger partial charge on any atom is 0.310 e. The van der Waals surface area contributed by atoms with E-state index in [0.717, 1.165) is 24.6 Å². The molecule has 2 heterocycles. The molecule has 1 saturated heterocycles. The second kappa shape index (κ2) is 9.03. The van der Waals surface area contributed by atoms with E-state index >= 15 is 0 Å². The maximum absolute atomic E-state index is 12.4. The van der Waals surface area contributed by atoms with Gasteiger partial charge in [0.2, 0.25) is 0 Å². The largest absolute Gasteiger partial charge is 0.508 e. The van der Waals surface area contributed by atoms with E-state index in [1.165, 1.54) is 24.0 Å². The van der Waals surface area contributed by atoms with Crippen LogP contribution in [0.5, 0.6) is 5.75 Å². The van der Waals surface area contributed by atoms with E-state index in [4.69, 9.17) is 9.15 Å². The van der Waals surface area contributed by atoms with Crippen molar-refractivity contribution in [2.24, 2.45) is 5.92 Å². The fourth-order valence-corrected chi connectivity index (χ4v) is 3.98. The van der Waals surface area contributed by atoms with Gasteiger partial charge in [-0.05, 0) is 42.9 Å². The van der Waals surface area contributed by atoms with E-state index in [1.807, 2.05) is 6.07 Å². The van der Waals surface area contributed by atoms with Crippen LogP contribution in [0.1, 0.15) is 24.0 Å². The van der Waals surface area contributed by atoms with Gasteiger partial charge in [-0.2, -0.15) is 0 Å². The standard InChI is InChI=1S/C24H25NO5/c26-20-6-7-21-19(15-29-22(21)14-20)13-24(28)30-16-23(27)25-10-8-18(9-11-25)12-17-4-2-1-3-5-17/h1-7,14-15,18,26H,8-13,16H2. The molecule has 1 amide bonds. The Hall–Kier alpha value is -3.28. The zero-order valence-electron chi connectivity index (χ0n) is 16.8. The molecule has 1 N–H and O–H groups in total. The summed E-state index contributed by atoms with van der Waals surface area (Å²) in [5, 5.41) is 10.2. The first-order valence-electron chi connectivity index (χ1n) is 10.2. The molecule has 0 radical (unpaired) electrons. The minimum Gasteiger partial charge on any atom is -0.508 e. The molecule has 1 aliphatic rings. The Balaban J connectivity index is 1.22. The number of piperidine rings is 1. The van der Waals surface area contributed by atoms with Crippen molar-refractivity contribution >= 4 is 22.8 Å². The molecule has 1 aliphatic heterocycles. The number of hydrogen-bond donors (Lipinski definition) is 1. The summed E-state index contributed by atoms with van der Waals surface area (Å²) in [5.74, 6) is 0.0542. The van der Waals surface area contributed by atoms with E-state index in [1.54, 1.807) is 11.0 Å². The highest BCUT2D eigenvalue weighted by Crippen LogP contribution is 2.25. The van der Waals surface area contributed by atoms with Crippen LogP contribution in [0, 0.1) is 5.92 Å². The first-order chi connectivity index (χ1) is 14.6. The smallest absolute Gasteiger partial charge is 0.310 e. The quantitative estimate of drug-likeness (QED) is 0.630. The average Bonchev–Trinajstić information content (AvgIpc) is 3.15. The second-order valence-corrected chi connectivity index (χ2v) is 7.79. The number of phenolic OH excluding ortho intramolecular Hbond substituents is 1. The van der Waals surface area contributed by atoms with Crippen LogP contribution in [0.3, 0.4) is 0 Å². The van der Waals surface area contributed by atoms with E-state index in [0.29, 0.717) is 30.2 Å². The minimum atomic E-state index is -0.474. The number of phenols is 1. The van der Waals surface area contributed by atoms with E-state index in [9.17, 15) is 14.7 Å². The van der Waals surface area contributed by atoms with E-state index < -0.39 is 5.97 Å². The number of rotatable bonds is 6. The highest BCUT2D eigenvalue weighted by atomic mass is 16.5. The molecule has 30 heavy (non-hydrogen) atoms. The molecule has 1 aromatic heterocycles. The van der Waals surface area contributed by atoms with Crippen LogP contribution in [0.15, 0.2) is 59.2 Å². The summed E-state index contributed by atoms with van der Waals surface area (Å²) >= 11 is 0. The third-order valence-electron chi connectivity index (χ3n) is 5.67. The Morgan fingerprint density at radius 3 is 2.63 bits per heavy atom. The Kier molecular flexibility index (Phi) is 6.02. The van der Waals surface area contributed by atoms with E-state index in [2.05, 4.69) is 24.3 Å².